The van der Waals surface area contributed by atoms with E-state index in [4.69, 9.17) is 4.74 Å². The van der Waals surface area contributed by atoms with Crippen LogP contribution >= 0.6 is 0 Å². The van der Waals surface area contributed by atoms with Gasteiger partial charge >= 0.3 is 0 Å². The van der Waals surface area contributed by atoms with Crippen LogP contribution in [0.2, 0.25) is 0 Å². The maximum Gasteiger partial charge on any atom is 0.175 e. The lowest BCUT2D eigenvalue weighted by atomic mass is 10.1. The number of hydrogen-bond donors (Lipinski definition) is 1. The minimum absolute atomic E-state index is 0.126. The summed E-state index contributed by atoms with van der Waals surface area (Å²) in [6.45, 7) is 1.49. The largest absolute Gasteiger partial charge is 0.457 e. The smallest absolute Gasteiger partial charge is 0.175 e. The number of ether oxygens (including phenoxy) is 1. The van der Waals surface area contributed by atoms with Gasteiger partial charge in [-0.2, -0.15) is 0 Å². The first kappa shape index (κ1) is 15.5. The SMILES string of the molecule is CC(O)c1cc(F)ccc1Oc1cccc(S(C)(=O)=O)c1. The van der Waals surface area contributed by atoms with E-state index in [-0.39, 0.29) is 10.6 Å². The van der Waals surface area contributed by atoms with Crippen LogP contribution in [0.25, 0.3) is 0 Å². The minimum atomic E-state index is -3.34. The summed E-state index contributed by atoms with van der Waals surface area (Å²) in [6.07, 6.45) is 0.194. The Labute approximate surface area is 122 Å². The molecule has 6 heteroatoms. The molecule has 1 unspecified atom stereocenters. The Hall–Kier alpha value is -1.92. The third kappa shape index (κ3) is 3.80. The van der Waals surface area contributed by atoms with Crippen molar-refractivity contribution in [2.75, 3.05) is 6.26 Å². The van der Waals surface area contributed by atoms with Gasteiger partial charge in [-0.1, -0.05) is 6.07 Å². The van der Waals surface area contributed by atoms with Crippen molar-refractivity contribution >= 4 is 9.84 Å². The highest BCUT2D eigenvalue weighted by Gasteiger charge is 2.13. The van der Waals surface area contributed by atoms with Crippen LogP contribution in [0, 0.1) is 5.82 Å². The van der Waals surface area contributed by atoms with Gasteiger partial charge in [0.05, 0.1) is 11.0 Å². The standard InChI is InChI=1S/C15H15FO4S/c1-10(17)14-8-11(16)6-7-15(14)20-12-4-3-5-13(9-12)21(2,18)19/h3-10,17H,1-2H3. The van der Waals surface area contributed by atoms with Gasteiger partial charge in [0.1, 0.15) is 17.3 Å². The molecule has 0 radical (unpaired) electrons. The van der Waals surface area contributed by atoms with Crippen LogP contribution in [0.3, 0.4) is 0 Å². The lowest BCUT2D eigenvalue weighted by Gasteiger charge is -2.13. The van der Waals surface area contributed by atoms with Gasteiger partial charge in [-0.15, -0.1) is 0 Å². The van der Waals surface area contributed by atoms with E-state index in [0.717, 1.165) is 6.26 Å². The molecule has 0 saturated carbocycles. The van der Waals surface area contributed by atoms with Crippen LogP contribution in [0.15, 0.2) is 47.4 Å². The van der Waals surface area contributed by atoms with Crippen LogP contribution in [-0.2, 0) is 9.84 Å². The molecule has 2 aromatic rings. The van der Waals surface area contributed by atoms with Crippen molar-refractivity contribution in [3.05, 3.63) is 53.8 Å². The molecule has 2 aromatic carbocycles. The Morgan fingerprint density at radius 3 is 2.52 bits per heavy atom. The first-order chi connectivity index (χ1) is 9.77. The Balaban J connectivity index is 2.39. The first-order valence-electron chi connectivity index (χ1n) is 6.23. The second-order valence-electron chi connectivity index (χ2n) is 4.71. The fourth-order valence-corrected chi connectivity index (χ4v) is 2.49. The highest BCUT2D eigenvalue weighted by atomic mass is 32.2. The second kappa shape index (κ2) is 5.83. The number of aliphatic hydroxyl groups is 1. The molecular formula is C15H15FO4S. The topological polar surface area (TPSA) is 63.6 Å². The van der Waals surface area contributed by atoms with Crippen LogP contribution in [0.1, 0.15) is 18.6 Å². The second-order valence-corrected chi connectivity index (χ2v) is 6.72. The van der Waals surface area contributed by atoms with E-state index >= 15 is 0 Å². The third-order valence-electron chi connectivity index (χ3n) is 2.88. The molecule has 2 rings (SSSR count). The van der Waals surface area contributed by atoms with Gasteiger partial charge in [0.25, 0.3) is 0 Å². The lowest BCUT2D eigenvalue weighted by molar-refractivity contribution is 0.195. The molecule has 0 amide bonds. The summed E-state index contributed by atoms with van der Waals surface area (Å²) in [7, 11) is -3.34. The van der Waals surface area contributed by atoms with Gasteiger partial charge in [-0.3, -0.25) is 0 Å². The molecule has 112 valence electrons. The predicted octanol–water partition coefficient (Wildman–Crippen LogP) is 3.07. The third-order valence-corrected chi connectivity index (χ3v) is 3.99. The summed E-state index contributed by atoms with van der Waals surface area (Å²) in [5.41, 5.74) is 0.291. The van der Waals surface area contributed by atoms with E-state index < -0.39 is 21.8 Å². The molecule has 0 heterocycles. The molecule has 1 atom stereocenters. The molecule has 0 aliphatic rings. The molecule has 0 spiro atoms. The van der Waals surface area contributed by atoms with Crippen molar-refractivity contribution in [3.63, 3.8) is 0 Å². The van der Waals surface area contributed by atoms with Crippen molar-refractivity contribution in [1.29, 1.82) is 0 Å². The van der Waals surface area contributed by atoms with Crippen LogP contribution in [-0.4, -0.2) is 19.8 Å². The average Bonchev–Trinajstić information content (AvgIpc) is 2.40. The molecule has 0 aliphatic heterocycles. The summed E-state index contributed by atoms with van der Waals surface area (Å²) in [5.74, 6) is 0.0895. The van der Waals surface area contributed by atoms with Crippen molar-refractivity contribution < 1.29 is 22.7 Å². The number of benzene rings is 2. The minimum Gasteiger partial charge on any atom is -0.457 e. The molecule has 0 aromatic heterocycles. The molecule has 0 aliphatic carbocycles. The number of rotatable bonds is 4. The fourth-order valence-electron chi connectivity index (χ4n) is 1.83. The quantitative estimate of drug-likeness (QED) is 0.942. The van der Waals surface area contributed by atoms with Crippen LogP contribution in [0.5, 0.6) is 11.5 Å². The van der Waals surface area contributed by atoms with Gasteiger partial charge < -0.3 is 9.84 Å². The first-order valence-corrected chi connectivity index (χ1v) is 8.12. The molecule has 4 nitrogen and oxygen atoms in total. The van der Waals surface area contributed by atoms with E-state index in [9.17, 15) is 17.9 Å². The fraction of sp³-hybridized carbons (Fsp3) is 0.200. The average molecular weight is 310 g/mol. The number of sulfone groups is 1. The van der Waals surface area contributed by atoms with Gasteiger partial charge in [0.15, 0.2) is 9.84 Å². The number of aliphatic hydroxyl groups excluding tert-OH is 1. The Morgan fingerprint density at radius 2 is 1.90 bits per heavy atom. The van der Waals surface area contributed by atoms with Crippen LogP contribution < -0.4 is 4.74 Å². The molecule has 21 heavy (non-hydrogen) atoms. The van der Waals surface area contributed by atoms with Crippen molar-refractivity contribution in [3.8, 4) is 11.5 Å². The van der Waals surface area contributed by atoms with Gasteiger partial charge in [0.2, 0.25) is 0 Å². The Kier molecular flexibility index (Phi) is 4.29. The number of hydrogen-bond acceptors (Lipinski definition) is 4. The summed E-state index contributed by atoms with van der Waals surface area (Å²) in [5, 5.41) is 9.65. The molecular weight excluding hydrogens is 295 g/mol. The van der Waals surface area contributed by atoms with Crippen molar-refractivity contribution in [2.24, 2.45) is 0 Å². The van der Waals surface area contributed by atoms with Crippen molar-refractivity contribution in [1.82, 2.24) is 0 Å². The van der Waals surface area contributed by atoms with E-state index in [1.54, 1.807) is 12.1 Å². The van der Waals surface area contributed by atoms with E-state index in [1.807, 2.05) is 0 Å². The zero-order valence-corrected chi connectivity index (χ0v) is 12.4. The summed E-state index contributed by atoms with van der Waals surface area (Å²) in [6, 6.07) is 9.76. The maximum absolute atomic E-state index is 13.2. The lowest BCUT2D eigenvalue weighted by Crippen LogP contribution is -1.99. The highest BCUT2D eigenvalue weighted by molar-refractivity contribution is 7.90. The molecule has 0 saturated heterocycles. The van der Waals surface area contributed by atoms with Gasteiger partial charge in [-0.25, -0.2) is 12.8 Å². The zero-order valence-electron chi connectivity index (χ0n) is 11.6. The number of halogens is 1. The Morgan fingerprint density at radius 1 is 1.19 bits per heavy atom. The monoisotopic (exact) mass is 310 g/mol. The summed E-state index contributed by atoms with van der Waals surface area (Å²) < 4.78 is 41.8. The van der Waals surface area contributed by atoms with Gasteiger partial charge in [0, 0.05) is 11.8 Å². The Bertz CT molecular complexity index is 754. The summed E-state index contributed by atoms with van der Waals surface area (Å²) in [4.78, 5) is 0.126. The van der Waals surface area contributed by atoms with Gasteiger partial charge in [-0.05, 0) is 43.3 Å². The normalized spacial score (nSPS) is 13.0. The van der Waals surface area contributed by atoms with E-state index in [0.29, 0.717) is 11.3 Å². The highest BCUT2D eigenvalue weighted by Crippen LogP contribution is 2.31. The molecule has 1 N–H and O–H groups in total. The molecule has 0 bridgehead atoms. The van der Waals surface area contributed by atoms with Crippen molar-refractivity contribution in [2.45, 2.75) is 17.9 Å². The van der Waals surface area contributed by atoms with Crippen LogP contribution in [0.4, 0.5) is 4.39 Å². The van der Waals surface area contributed by atoms with E-state index in [2.05, 4.69) is 0 Å². The van der Waals surface area contributed by atoms with E-state index in [1.165, 1.54) is 37.3 Å². The zero-order chi connectivity index (χ0) is 15.6. The predicted molar refractivity (Wildman–Crippen MR) is 76.7 cm³/mol. The summed E-state index contributed by atoms with van der Waals surface area (Å²) >= 11 is 0. The maximum atomic E-state index is 13.2. The molecule has 0 fully saturated rings.